The highest BCUT2D eigenvalue weighted by molar-refractivity contribution is 7.89. The third kappa shape index (κ3) is 4.81. The van der Waals surface area contributed by atoms with E-state index in [1.54, 1.807) is 24.4 Å². The van der Waals surface area contributed by atoms with Crippen LogP contribution in [0.5, 0.6) is 5.75 Å². The molecular formula is C22H22ClN3O4S. The number of hydrogen-bond acceptors (Lipinski definition) is 5. The molecule has 1 atom stereocenters. The van der Waals surface area contributed by atoms with Crippen molar-refractivity contribution >= 4 is 38.3 Å². The van der Waals surface area contributed by atoms with Crippen LogP contribution in [-0.2, 0) is 14.8 Å². The molecule has 4 rings (SSSR count). The number of amides is 1. The van der Waals surface area contributed by atoms with Crippen molar-refractivity contribution in [3.05, 3.63) is 65.9 Å². The van der Waals surface area contributed by atoms with Gasteiger partial charge in [-0.3, -0.25) is 9.78 Å². The highest BCUT2D eigenvalue weighted by Crippen LogP contribution is 2.32. The van der Waals surface area contributed by atoms with Gasteiger partial charge in [-0.05, 0) is 24.6 Å². The van der Waals surface area contributed by atoms with Gasteiger partial charge >= 0.3 is 0 Å². The number of nitrogens with one attached hydrogen (secondary N) is 1. The van der Waals surface area contributed by atoms with Gasteiger partial charge in [-0.1, -0.05) is 41.9 Å². The zero-order valence-electron chi connectivity index (χ0n) is 16.7. The van der Waals surface area contributed by atoms with Crippen LogP contribution in [0, 0.1) is 0 Å². The Morgan fingerprint density at radius 2 is 1.97 bits per heavy atom. The van der Waals surface area contributed by atoms with Gasteiger partial charge in [0.2, 0.25) is 15.9 Å². The fourth-order valence-corrected chi connectivity index (χ4v) is 5.72. The predicted octanol–water partition coefficient (Wildman–Crippen LogP) is 3.24. The van der Waals surface area contributed by atoms with E-state index in [4.69, 9.17) is 16.3 Å². The highest BCUT2D eigenvalue weighted by atomic mass is 35.5. The van der Waals surface area contributed by atoms with Gasteiger partial charge in [0.05, 0.1) is 22.9 Å². The molecule has 1 aliphatic rings. The van der Waals surface area contributed by atoms with Gasteiger partial charge in [0, 0.05) is 42.3 Å². The van der Waals surface area contributed by atoms with Gasteiger partial charge < -0.3 is 10.1 Å². The first-order chi connectivity index (χ1) is 14.9. The fraction of sp³-hybridized carbons (Fsp3) is 0.273. The lowest BCUT2D eigenvalue weighted by molar-refractivity contribution is -0.122. The van der Waals surface area contributed by atoms with Gasteiger partial charge in [0.1, 0.15) is 5.75 Å². The largest absolute Gasteiger partial charge is 0.493 e. The Morgan fingerprint density at radius 3 is 2.77 bits per heavy atom. The molecule has 3 aromatic rings. The summed E-state index contributed by atoms with van der Waals surface area (Å²) in [5.41, 5.74) is 0. The zero-order valence-corrected chi connectivity index (χ0v) is 18.3. The predicted molar refractivity (Wildman–Crippen MR) is 119 cm³/mol. The minimum absolute atomic E-state index is 0.153. The summed E-state index contributed by atoms with van der Waals surface area (Å²) in [6.45, 7) is 0.798. The molecule has 0 bridgehead atoms. The molecule has 9 heteroatoms. The van der Waals surface area contributed by atoms with E-state index < -0.39 is 10.0 Å². The minimum Gasteiger partial charge on any atom is -0.493 e. The maximum atomic E-state index is 13.3. The first kappa shape index (κ1) is 21.5. The van der Waals surface area contributed by atoms with Crippen molar-refractivity contribution in [1.29, 1.82) is 0 Å². The number of carbonyl (C=O) groups excluding carboxylic acids is 1. The number of para-hydroxylation sites is 1. The van der Waals surface area contributed by atoms with Gasteiger partial charge in [-0.2, -0.15) is 4.31 Å². The molecule has 0 radical (unpaired) electrons. The van der Waals surface area contributed by atoms with Crippen molar-refractivity contribution in [2.45, 2.75) is 23.8 Å². The number of aromatic nitrogens is 1. The average molecular weight is 460 g/mol. The summed E-state index contributed by atoms with van der Waals surface area (Å²) >= 11 is 6.25. The SMILES string of the molecule is O=C(CCOc1ccccc1)N[C@@H]1CCN(S(=O)(=O)c2cccc3cncc(Cl)c23)C1. The summed E-state index contributed by atoms with van der Waals surface area (Å²) in [4.78, 5) is 16.4. The number of rotatable bonds is 7. The number of halogens is 1. The number of hydrogen-bond donors (Lipinski definition) is 1. The first-order valence-electron chi connectivity index (χ1n) is 9.95. The fourth-order valence-electron chi connectivity index (χ4n) is 3.66. The normalized spacial score (nSPS) is 17.0. The molecule has 162 valence electrons. The Morgan fingerprint density at radius 1 is 1.16 bits per heavy atom. The molecule has 31 heavy (non-hydrogen) atoms. The smallest absolute Gasteiger partial charge is 0.243 e. The molecule has 0 unspecified atom stereocenters. The number of fused-ring (bicyclic) bond motifs is 1. The van der Waals surface area contributed by atoms with Gasteiger partial charge in [-0.15, -0.1) is 0 Å². The number of sulfonamides is 1. The van der Waals surface area contributed by atoms with Crippen LogP contribution >= 0.6 is 11.6 Å². The lowest BCUT2D eigenvalue weighted by Crippen LogP contribution is -2.39. The molecule has 1 amide bonds. The number of pyridine rings is 1. The number of nitrogens with zero attached hydrogens (tertiary/aromatic N) is 2. The topological polar surface area (TPSA) is 88.6 Å². The standard InChI is InChI=1S/C22H22ClN3O4S/c23-19-14-24-13-16-5-4-8-20(22(16)19)31(28,29)26-11-9-17(15-26)25-21(27)10-12-30-18-6-2-1-3-7-18/h1-8,13-14,17H,9-12,15H2,(H,25,27)/t17-/m1/s1. The van der Waals surface area contributed by atoms with Crippen molar-refractivity contribution in [3.63, 3.8) is 0 Å². The zero-order chi connectivity index (χ0) is 21.8. The maximum absolute atomic E-state index is 13.3. The molecule has 2 heterocycles. The summed E-state index contributed by atoms with van der Waals surface area (Å²) < 4.78 is 33.5. The van der Waals surface area contributed by atoms with Crippen molar-refractivity contribution in [1.82, 2.24) is 14.6 Å². The lowest BCUT2D eigenvalue weighted by Gasteiger charge is -2.19. The molecule has 2 aromatic carbocycles. The summed E-state index contributed by atoms with van der Waals surface area (Å²) in [5, 5.41) is 4.32. The second-order valence-corrected chi connectivity index (χ2v) is 9.62. The Bertz CT molecular complexity index is 1180. The molecular weight excluding hydrogens is 438 g/mol. The molecule has 1 saturated heterocycles. The van der Waals surface area contributed by atoms with E-state index in [2.05, 4.69) is 10.3 Å². The van der Waals surface area contributed by atoms with E-state index >= 15 is 0 Å². The Labute approximate surface area is 186 Å². The van der Waals surface area contributed by atoms with Crippen molar-refractivity contribution in [3.8, 4) is 5.75 Å². The van der Waals surface area contributed by atoms with Crippen LogP contribution in [0.3, 0.4) is 0 Å². The van der Waals surface area contributed by atoms with Crippen molar-refractivity contribution < 1.29 is 17.9 Å². The third-order valence-electron chi connectivity index (χ3n) is 5.17. The molecule has 0 aliphatic carbocycles. The summed E-state index contributed by atoms with van der Waals surface area (Å²) in [5.74, 6) is 0.539. The number of carbonyl (C=O) groups is 1. The van der Waals surface area contributed by atoms with Crippen molar-refractivity contribution in [2.75, 3.05) is 19.7 Å². The number of ether oxygens (including phenoxy) is 1. The average Bonchev–Trinajstić information content (AvgIpc) is 3.23. The Hall–Kier alpha value is -2.68. The van der Waals surface area contributed by atoms with E-state index in [1.807, 2.05) is 30.3 Å². The maximum Gasteiger partial charge on any atom is 0.243 e. The molecule has 1 aromatic heterocycles. The van der Waals surface area contributed by atoms with Crippen LogP contribution in [0.15, 0.2) is 65.8 Å². The van der Waals surface area contributed by atoms with Crippen LogP contribution in [0.2, 0.25) is 5.02 Å². The third-order valence-corrected chi connectivity index (χ3v) is 7.37. The molecule has 7 nitrogen and oxygen atoms in total. The van der Waals surface area contributed by atoms with E-state index in [9.17, 15) is 13.2 Å². The first-order valence-corrected chi connectivity index (χ1v) is 11.8. The second kappa shape index (κ2) is 9.21. The van der Waals surface area contributed by atoms with E-state index in [-0.39, 0.29) is 36.4 Å². The quantitative estimate of drug-likeness (QED) is 0.586. The second-order valence-electron chi connectivity index (χ2n) is 7.30. The summed E-state index contributed by atoms with van der Waals surface area (Å²) in [6.07, 6.45) is 3.77. The number of benzene rings is 2. The van der Waals surface area contributed by atoms with Crippen LogP contribution in [0.1, 0.15) is 12.8 Å². The Balaban J connectivity index is 1.38. The van der Waals surface area contributed by atoms with Crippen LogP contribution in [-0.4, -0.2) is 49.4 Å². The lowest BCUT2D eigenvalue weighted by atomic mass is 10.2. The van der Waals surface area contributed by atoms with E-state index in [1.165, 1.54) is 10.5 Å². The van der Waals surface area contributed by atoms with E-state index in [0.717, 1.165) is 0 Å². The monoisotopic (exact) mass is 459 g/mol. The van der Waals surface area contributed by atoms with Crippen LogP contribution in [0.25, 0.3) is 10.8 Å². The highest BCUT2D eigenvalue weighted by Gasteiger charge is 2.34. The molecule has 1 fully saturated rings. The molecule has 0 saturated carbocycles. The van der Waals surface area contributed by atoms with Crippen molar-refractivity contribution in [2.24, 2.45) is 0 Å². The molecule has 1 N–H and O–H groups in total. The summed E-state index contributed by atoms with van der Waals surface area (Å²) in [6, 6.07) is 14.0. The van der Waals surface area contributed by atoms with Crippen LogP contribution in [0.4, 0.5) is 0 Å². The van der Waals surface area contributed by atoms with Gasteiger partial charge in [0.15, 0.2) is 0 Å². The van der Waals surface area contributed by atoms with Crippen LogP contribution < -0.4 is 10.1 Å². The van der Waals surface area contributed by atoms with Gasteiger partial charge in [-0.25, -0.2) is 8.42 Å². The minimum atomic E-state index is -3.76. The molecule has 1 aliphatic heterocycles. The molecule has 0 spiro atoms. The van der Waals surface area contributed by atoms with E-state index in [0.29, 0.717) is 34.5 Å². The van der Waals surface area contributed by atoms with Gasteiger partial charge in [0.25, 0.3) is 0 Å². The summed E-state index contributed by atoms with van der Waals surface area (Å²) in [7, 11) is -3.76. The Kier molecular flexibility index (Phi) is 6.41.